The van der Waals surface area contributed by atoms with Gasteiger partial charge in [-0.2, -0.15) is 0 Å². The Morgan fingerprint density at radius 1 is 0.952 bits per heavy atom. The third kappa shape index (κ3) is 2.49. The Bertz CT molecular complexity index is 632. The van der Waals surface area contributed by atoms with E-state index in [2.05, 4.69) is 11.4 Å². The van der Waals surface area contributed by atoms with Gasteiger partial charge < -0.3 is 19.5 Å². The van der Waals surface area contributed by atoms with Crippen molar-refractivity contribution in [2.45, 2.75) is 12.5 Å². The van der Waals surface area contributed by atoms with Gasteiger partial charge in [0.1, 0.15) is 17.2 Å². The van der Waals surface area contributed by atoms with Crippen molar-refractivity contribution in [2.24, 2.45) is 0 Å². The van der Waals surface area contributed by atoms with Crippen LogP contribution in [0.3, 0.4) is 0 Å². The first-order valence-corrected chi connectivity index (χ1v) is 6.90. The summed E-state index contributed by atoms with van der Waals surface area (Å²) < 4.78 is 16.1. The Balaban J connectivity index is 1.94. The number of hydrogen-bond donors (Lipinski definition) is 1. The Kier molecular flexibility index (Phi) is 3.60. The molecule has 0 fully saturated rings. The molecule has 2 aromatic carbocycles. The fraction of sp³-hybridized carbons (Fsp3) is 0.294. The van der Waals surface area contributed by atoms with Crippen LogP contribution in [0.1, 0.15) is 17.2 Å². The van der Waals surface area contributed by atoms with Gasteiger partial charge in [0.05, 0.1) is 33.1 Å². The summed E-state index contributed by atoms with van der Waals surface area (Å²) in [5.74, 6) is 2.48. The summed E-state index contributed by atoms with van der Waals surface area (Å²) in [6.45, 7) is 0. The second-order valence-corrected chi connectivity index (χ2v) is 5.04. The van der Waals surface area contributed by atoms with Crippen LogP contribution in [0.25, 0.3) is 0 Å². The van der Waals surface area contributed by atoms with Crippen molar-refractivity contribution >= 4 is 5.69 Å². The van der Waals surface area contributed by atoms with Gasteiger partial charge in [0.15, 0.2) is 0 Å². The van der Waals surface area contributed by atoms with Crippen LogP contribution in [-0.4, -0.2) is 21.3 Å². The van der Waals surface area contributed by atoms with E-state index >= 15 is 0 Å². The molecule has 1 N–H and O–H groups in total. The molecule has 0 aliphatic carbocycles. The molecule has 0 bridgehead atoms. The molecule has 1 aliphatic heterocycles. The summed E-state index contributed by atoms with van der Waals surface area (Å²) >= 11 is 0. The average Bonchev–Trinajstić information content (AvgIpc) is 2.98. The molecule has 1 heterocycles. The molecule has 3 rings (SSSR count). The highest BCUT2D eigenvalue weighted by Gasteiger charge is 2.25. The minimum absolute atomic E-state index is 0.195. The summed E-state index contributed by atoms with van der Waals surface area (Å²) in [6, 6.07) is 12.3. The van der Waals surface area contributed by atoms with Crippen molar-refractivity contribution in [3.8, 4) is 17.2 Å². The molecule has 1 unspecified atom stereocenters. The molecule has 4 nitrogen and oxygen atoms in total. The quantitative estimate of drug-likeness (QED) is 0.934. The number of methoxy groups -OCH3 is 3. The third-order valence-corrected chi connectivity index (χ3v) is 3.85. The summed E-state index contributed by atoms with van der Waals surface area (Å²) in [4.78, 5) is 0. The first-order valence-electron chi connectivity index (χ1n) is 6.90. The summed E-state index contributed by atoms with van der Waals surface area (Å²) in [5.41, 5.74) is 3.48. The lowest BCUT2D eigenvalue weighted by molar-refractivity contribution is 0.393. The molecule has 1 atom stereocenters. The highest BCUT2D eigenvalue weighted by atomic mass is 16.5. The van der Waals surface area contributed by atoms with E-state index < -0.39 is 0 Å². The van der Waals surface area contributed by atoms with Crippen LogP contribution >= 0.6 is 0 Å². The van der Waals surface area contributed by atoms with Crippen LogP contribution in [0.5, 0.6) is 17.2 Å². The zero-order valence-electron chi connectivity index (χ0n) is 12.5. The van der Waals surface area contributed by atoms with Crippen molar-refractivity contribution in [3.63, 3.8) is 0 Å². The van der Waals surface area contributed by atoms with E-state index in [9.17, 15) is 0 Å². The lowest BCUT2D eigenvalue weighted by atomic mass is 10.0. The highest BCUT2D eigenvalue weighted by molar-refractivity contribution is 5.67. The fourth-order valence-electron chi connectivity index (χ4n) is 2.76. The van der Waals surface area contributed by atoms with Crippen LogP contribution in [0.4, 0.5) is 5.69 Å². The van der Waals surface area contributed by atoms with Crippen LogP contribution in [0, 0.1) is 0 Å². The molecule has 0 saturated heterocycles. The zero-order valence-corrected chi connectivity index (χ0v) is 12.5. The lowest BCUT2D eigenvalue weighted by Crippen LogP contribution is -2.06. The van der Waals surface area contributed by atoms with Crippen LogP contribution in [-0.2, 0) is 6.42 Å². The Labute approximate surface area is 124 Å². The predicted octanol–water partition coefficient (Wildman–Crippen LogP) is 3.42. The normalized spacial score (nSPS) is 16.0. The van der Waals surface area contributed by atoms with E-state index in [1.165, 1.54) is 5.56 Å². The number of anilines is 1. The van der Waals surface area contributed by atoms with E-state index in [1.54, 1.807) is 21.3 Å². The maximum atomic E-state index is 5.42. The number of benzene rings is 2. The largest absolute Gasteiger partial charge is 0.497 e. The number of para-hydroxylation sites is 1. The second-order valence-electron chi connectivity index (χ2n) is 5.04. The first kappa shape index (κ1) is 13.6. The molecule has 21 heavy (non-hydrogen) atoms. The molecule has 2 aromatic rings. The van der Waals surface area contributed by atoms with Gasteiger partial charge in [0, 0.05) is 6.07 Å². The van der Waals surface area contributed by atoms with E-state index in [4.69, 9.17) is 14.2 Å². The molecule has 4 heteroatoms. The van der Waals surface area contributed by atoms with E-state index in [0.717, 1.165) is 34.9 Å². The number of ether oxygens (including phenoxy) is 3. The SMILES string of the molecule is COc1cc(OC)cc(C2Cc3cccc(OC)c3N2)c1. The van der Waals surface area contributed by atoms with Crippen molar-refractivity contribution < 1.29 is 14.2 Å². The number of nitrogens with one attached hydrogen (secondary N) is 1. The van der Waals surface area contributed by atoms with E-state index in [-0.39, 0.29) is 6.04 Å². The Hall–Kier alpha value is -2.36. The smallest absolute Gasteiger partial charge is 0.142 e. The van der Waals surface area contributed by atoms with Gasteiger partial charge in [-0.1, -0.05) is 12.1 Å². The van der Waals surface area contributed by atoms with Gasteiger partial charge in [-0.15, -0.1) is 0 Å². The fourth-order valence-corrected chi connectivity index (χ4v) is 2.76. The Morgan fingerprint density at radius 2 is 1.67 bits per heavy atom. The van der Waals surface area contributed by atoms with Crippen LogP contribution in [0.2, 0.25) is 0 Å². The van der Waals surface area contributed by atoms with Gasteiger partial charge in [-0.3, -0.25) is 0 Å². The minimum Gasteiger partial charge on any atom is -0.497 e. The van der Waals surface area contributed by atoms with Crippen molar-refractivity contribution in [3.05, 3.63) is 47.5 Å². The van der Waals surface area contributed by atoms with E-state index in [0.29, 0.717) is 0 Å². The third-order valence-electron chi connectivity index (χ3n) is 3.85. The van der Waals surface area contributed by atoms with Gasteiger partial charge in [-0.05, 0) is 35.7 Å². The summed E-state index contributed by atoms with van der Waals surface area (Å²) in [6.07, 6.45) is 0.919. The van der Waals surface area contributed by atoms with Gasteiger partial charge in [-0.25, -0.2) is 0 Å². The summed E-state index contributed by atoms with van der Waals surface area (Å²) in [7, 11) is 5.02. The van der Waals surface area contributed by atoms with Crippen LogP contribution in [0.15, 0.2) is 36.4 Å². The predicted molar refractivity (Wildman–Crippen MR) is 82.6 cm³/mol. The van der Waals surface area contributed by atoms with Crippen molar-refractivity contribution in [1.29, 1.82) is 0 Å². The van der Waals surface area contributed by atoms with Crippen molar-refractivity contribution in [2.75, 3.05) is 26.6 Å². The topological polar surface area (TPSA) is 39.7 Å². The van der Waals surface area contributed by atoms with Gasteiger partial charge in [0.25, 0.3) is 0 Å². The molecule has 0 radical (unpaired) electrons. The zero-order chi connectivity index (χ0) is 14.8. The number of fused-ring (bicyclic) bond motifs is 1. The minimum atomic E-state index is 0.195. The molecule has 1 aliphatic rings. The molecular formula is C17H19NO3. The second kappa shape index (κ2) is 5.56. The van der Waals surface area contributed by atoms with Crippen LogP contribution < -0.4 is 19.5 Å². The molecule has 110 valence electrons. The summed E-state index contributed by atoms with van der Waals surface area (Å²) in [5, 5.41) is 3.54. The molecule has 0 aromatic heterocycles. The number of hydrogen-bond acceptors (Lipinski definition) is 4. The molecule has 0 spiro atoms. The molecular weight excluding hydrogens is 266 g/mol. The van der Waals surface area contributed by atoms with Gasteiger partial charge >= 0.3 is 0 Å². The monoisotopic (exact) mass is 285 g/mol. The van der Waals surface area contributed by atoms with E-state index in [1.807, 2.05) is 30.3 Å². The maximum Gasteiger partial charge on any atom is 0.142 e. The first-order chi connectivity index (χ1) is 10.2. The lowest BCUT2D eigenvalue weighted by Gasteiger charge is -2.15. The van der Waals surface area contributed by atoms with Gasteiger partial charge in [0.2, 0.25) is 0 Å². The number of rotatable bonds is 4. The Morgan fingerprint density at radius 3 is 2.29 bits per heavy atom. The standard InChI is InChI=1S/C17H19NO3/c1-19-13-7-12(8-14(10-13)20-2)15-9-11-5-4-6-16(21-3)17(11)18-15/h4-8,10,15,18H,9H2,1-3H3. The van der Waals surface area contributed by atoms with Crippen molar-refractivity contribution in [1.82, 2.24) is 0 Å². The maximum absolute atomic E-state index is 5.42. The average molecular weight is 285 g/mol. The molecule has 0 amide bonds. The highest BCUT2D eigenvalue weighted by Crippen LogP contribution is 2.41. The molecule has 0 saturated carbocycles.